The molecule has 7 heteroatoms. The van der Waals surface area contributed by atoms with Crippen molar-refractivity contribution in [1.29, 1.82) is 0 Å². The van der Waals surface area contributed by atoms with E-state index >= 15 is 0 Å². The van der Waals surface area contributed by atoms with Crippen molar-refractivity contribution in [2.45, 2.75) is 38.8 Å². The van der Waals surface area contributed by atoms with Crippen molar-refractivity contribution in [3.63, 3.8) is 0 Å². The Kier molecular flexibility index (Phi) is 6.30. The molecule has 3 amide bonds. The molecule has 1 aliphatic rings. The summed E-state index contributed by atoms with van der Waals surface area (Å²) in [5, 5.41) is 2.76. The first-order valence-electron chi connectivity index (χ1n) is 9.81. The molecule has 0 radical (unpaired) electrons. The van der Waals surface area contributed by atoms with Gasteiger partial charge in [0.2, 0.25) is 0 Å². The lowest BCUT2D eigenvalue weighted by Gasteiger charge is -2.23. The van der Waals surface area contributed by atoms with Crippen LogP contribution in [0.2, 0.25) is 0 Å². The van der Waals surface area contributed by atoms with E-state index in [0.717, 1.165) is 10.5 Å². The van der Waals surface area contributed by atoms with Gasteiger partial charge < -0.3 is 10.1 Å². The van der Waals surface area contributed by atoms with Gasteiger partial charge in [0.1, 0.15) is 6.04 Å². The predicted octanol–water partition coefficient (Wildman–Crippen LogP) is 2.52. The molecule has 2 aromatic rings. The third kappa shape index (κ3) is 4.25. The maximum atomic E-state index is 12.5. The Morgan fingerprint density at radius 3 is 2.00 bits per heavy atom. The Labute approximate surface area is 175 Å². The van der Waals surface area contributed by atoms with Gasteiger partial charge in [-0.2, -0.15) is 0 Å². The first kappa shape index (κ1) is 21.2. The fraction of sp³-hybridized carbons (Fsp3) is 0.304. The summed E-state index contributed by atoms with van der Waals surface area (Å²) in [6, 6.07) is 15.0. The van der Waals surface area contributed by atoms with Crippen LogP contribution in [0.3, 0.4) is 0 Å². The largest absolute Gasteiger partial charge is 0.451 e. The molecule has 0 aliphatic carbocycles. The molecule has 0 bridgehead atoms. The Morgan fingerprint density at radius 1 is 0.900 bits per heavy atom. The molecule has 3 rings (SSSR count). The molecule has 0 saturated heterocycles. The van der Waals surface area contributed by atoms with Crippen LogP contribution in [0, 0.1) is 0 Å². The standard InChI is InChI=1S/C23H24N2O5/c1-14(17-9-5-4-6-10-17)13-24-20(26)16(3)30-23(29)15(2)25-21(27)18-11-7-8-12-19(18)22(25)28/h4-12,14-16H,13H2,1-3H3,(H,24,26)/t14-,15-,16+/m1/s1. The number of carbonyl (C=O) groups excluding carboxylic acids is 4. The predicted molar refractivity (Wildman–Crippen MR) is 110 cm³/mol. The van der Waals surface area contributed by atoms with E-state index in [1.165, 1.54) is 26.0 Å². The SMILES string of the molecule is C[C@H](OC(=O)[C@@H](C)N1C(=O)c2ccccc2C1=O)C(=O)NC[C@@H](C)c1ccccc1. The van der Waals surface area contributed by atoms with E-state index in [1.54, 1.807) is 12.1 Å². The van der Waals surface area contributed by atoms with Gasteiger partial charge in [0.25, 0.3) is 17.7 Å². The summed E-state index contributed by atoms with van der Waals surface area (Å²) in [6.07, 6.45) is -1.06. The lowest BCUT2D eigenvalue weighted by molar-refractivity contribution is -0.158. The van der Waals surface area contributed by atoms with Crippen LogP contribution in [-0.4, -0.2) is 47.3 Å². The number of amides is 3. The third-order valence-corrected chi connectivity index (χ3v) is 5.17. The van der Waals surface area contributed by atoms with Crippen LogP contribution in [0.5, 0.6) is 0 Å². The molecule has 3 atom stereocenters. The Morgan fingerprint density at radius 2 is 1.43 bits per heavy atom. The normalized spacial score (nSPS) is 15.9. The number of nitrogens with zero attached hydrogens (tertiary/aromatic N) is 1. The highest BCUT2D eigenvalue weighted by molar-refractivity contribution is 6.22. The second-order valence-electron chi connectivity index (χ2n) is 7.34. The highest BCUT2D eigenvalue weighted by Crippen LogP contribution is 2.25. The van der Waals surface area contributed by atoms with E-state index in [0.29, 0.717) is 6.54 Å². The zero-order chi connectivity index (χ0) is 21.8. The summed E-state index contributed by atoms with van der Waals surface area (Å²) < 4.78 is 5.22. The van der Waals surface area contributed by atoms with Gasteiger partial charge >= 0.3 is 5.97 Å². The first-order valence-corrected chi connectivity index (χ1v) is 9.81. The van der Waals surface area contributed by atoms with Crippen LogP contribution < -0.4 is 5.32 Å². The molecular weight excluding hydrogens is 384 g/mol. The molecule has 0 spiro atoms. The Hall–Kier alpha value is -3.48. The summed E-state index contributed by atoms with van der Waals surface area (Å²) >= 11 is 0. The average molecular weight is 408 g/mol. The maximum Gasteiger partial charge on any atom is 0.329 e. The molecule has 0 unspecified atom stereocenters. The van der Waals surface area contributed by atoms with Crippen LogP contribution in [0.4, 0.5) is 0 Å². The number of fused-ring (bicyclic) bond motifs is 1. The number of benzene rings is 2. The molecule has 0 saturated carbocycles. The topological polar surface area (TPSA) is 92.8 Å². The second-order valence-corrected chi connectivity index (χ2v) is 7.34. The van der Waals surface area contributed by atoms with Crippen molar-refractivity contribution in [3.05, 3.63) is 71.3 Å². The highest BCUT2D eigenvalue weighted by Gasteiger charge is 2.41. The van der Waals surface area contributed by atoms with Gasteiger partial charge in [0.15, 0.2) is 6.10 Å². The number of imide groups is 1. The van der Waals surface area contributed by atoms with E-state index in [2.05, 4.69) is 5.32 Å². The summed E-state index contributed by atoms with van der Waals surface area (Å²) in [7, 11) is 0. The Balaban J connectivity index is 1.55. The molecule has 0 aromatic heterocycles. The Bertz CT molecular complexity index is 938. The second kappa shape index (κ2) is 8.90. The quantitative estimate of drug-likeness (QED) is 0.561. The minimum absolute atomic E-state index is 0.0929. The monoisotopic (exact) mass is 408 g/mol. The maximum absolute atomic E-state index is 12.5. The number of rotatable bonds is 7. The van der Waals surface area contributed by atoms with Gasteiger partial charge in [-0.15, -0.1) is 0 Å². The molecule has 1 aliphatic heterocycles. The fourth-order valence-corrected chi connectivity index (χ4v) is 3.29. The molecule has 1 N–H and O–H groups in total. The van der Waals surface area contributed by atoms with Crippen LogP contribution in [0.25, 0.3) is 0 Å². The molecule has 2 aromatic carbocycles. The van der Waals surface area contributed by atoms with Crippen molar-refractivity contribution in [2.24, 2.45) is 0 Å². The van der Waals surface area contributed by atoms with Crippen LogP contribution >= 0.6 is 0 Å². The summed E-state index contributed by atoms with van der Waals surface area (Å²) in [6.45, 7) is 5.23. The molecular formula is C23H24N2O5. The molecule has 0 fully saturated rings. The number of ether oxygens (including phenoxy) is 1. The van der Waals surface area contributed by atoms with Crippen LogP contribution in [0.15, 0.2) is 54.6 Å². The number of hydrogen-bond donors (Lipinski definition) is 1. The third-order valence-electron chi connectivity index (χ3n) is 5.17. The van der Waals surface area contributed by atoms with Gasteiger partial charge in [-0.1, -0.05) is 49.4 Å². The van der Waals surface area contributed by atoms with E-state index in [4.69, 9.17) is 4.74 Å². The fourth-order valence-electron chi connectivity index (χ4n) is 3.29. The van der Waals surface area contributed by atoms with Gasteiger partial charge in [-0.3, -0.25) is 19.3 Å². The summed E-state index contributed by atoms with van der Waals surface area (Å²) in [5.74, 6) is -2.26. The van der Waals surface area contributed by atoms with Gasteiger partial charge in [0, 0.05) is 6.54 Å². The lowest BCUT2D eigenvalue weighted by atomic mass is 10.0. The number of carbonyl (C=O) groups is 4. The smallest absolute Gasteiger partial charge is 0.329 e. The van der Waals surface area contributed by atoms with Crippen LogP contribution in [-0.2, 0) is 14.3 Å². The highest BCUT2D eigenvalue weighted by atomic mass is 16.5. The van der Waals surface area contributed by atoms with Gasteiger partial charge in [-0.25, -0.2) is 4.79 Å². The lowest BCUT2D eigenvalue weighted by Crippen LogP contribution is -2.46. The molecule has 30 heavy (non-hydrogen) atoms. The first-order chi connectivity index (χ1) is 14.3. The van der Waals surface area contributed by atoms with Crippen LogP contribution in [0.1, 0.15) is 53.0 Å². The molecule has 7 nitrogen and oxygen atoms in total. The average Bonchev–Trinajstić information content (AvgIpc) is 3.02. The number of esters is 1. The van der Waals surface area contributed by atoms with E-state index in [1.807, 2.05) is 37.3 Å². The minimum atomic E-state index is -1.14. The number of hydrogen-bond acceptors (Lipinski definition) is 5. The van der Waals surface area contributed by atoms with Crippen molar-refractivity contribution in [1.82, 2.24) is 10.2 Å². The van der Waals surface area contributed by atoms with Gasteiger partial charge in [-0.05, 0) is 37.5 Å². The van der Waals surface area contributed by atoms with E-state index in [-0.39, 0.29) is 17.0 Å². The van der Waals surface area contributed by atoms with Gasteiger partial charge in [0.05, 0.1) is 11.1 Å². The van der Waals surface area contributed by atoms with Crippen molar-refractivity contribution in [2.75, 3.05) is 6.54 Å². The van der Waals surface area contributed by atoms with Crippen molar-refractivity contribution >= 4 is 23.7 Å². The van der Waals surface area contributed by atoms with Crippen molar-refractivity contribution < 1.29 is 23.9 Å². The molecule has 1 heterocycles. The minimum Gasteiger partial charge on any atom is -0.451 e. The molecule has 156 valence electrons. The summed E-state index contributed by atoms with van der Waals surface area (Å²) in [5.41, 5.74) is 1.59. The van der Waals surface area contributed by atoms with E-state index in [9.17, 15) is 19.2 Å². The number of nitrogens with one attached hydrogen (secondary N) is 1. The zero-order valence-electron chi connectivity index (χ0n) is 17.1. The van der Waals surface area contributed by atoms with E-state index < -0.39 is 35.8 Å². The zero-order valence-corrected chi connectivity index (χ0v) is 17.1. The van der Waals surface area contributed by atoms with Crippen molar-refractivity contribution in [3.8, 4) is 0 Å². The summed E-state index contributed by atoms with van der Waals surface area (Å²) in [4.78, 5) is 50.7.